The van der Waals surface area contributed by atoms with Gasteiger partial charge in [-0.1, -0.05) is 45.2 Å². The van der Waals surface area contributed by atoms with Gasteiger partial charge in [-0.2, -0.15) is 0 Å². The predicted octanol–water partition coefficient (Wildman–Crippen LogP) is 4.90. The van der Waals surface area contributed by atoms with Gasteiger partial charge in [0.25, 0.3) is 0 Å². The lowest BCUT2D eigenvalue weighted by atomic mass is 10.2. The lowest BCUT2D eigenvalue weighted by Gasteiger charge is -2.12. The molecule has 100 valence electrons. The van der Waals surface area contributed by atoms with E-state index in [-0.39, 0.29) is 0 Å². The zero-order valence-electron chi connectivity index (χ0n) is 10.1. The van der Waals surface area contributed by atoms with E-state index in [1.165, 1.54) is 0 Å². The van der Waals surface area contributed by atoms with Crippen molar-refractivity contribution in [1.82, 2.24) is 4.98 Å². The normalized spacial score (nSPS) is 10.5. The molecule has 0 fully saturated rings. The van der Waals surface area contributed by atoms with Crippen molar-refractivity contribution in [2.75, 3.05) is 6.61 Å². The van der Waals surface area contributed by atoms with Gasteiger partial charge in [-0.05, 0) is 23.8 Å². The Morgan fingerprint density at radius 1 is 1.26 bits per heavy atom. The number of aromatic nitrogens is 1. The zero-order chi connectivity index (χ0) is 13.7. The molecule has 0 bridgehead atoms. The first-order valence-corrected chi connectivity index (χ1v) is 7.64. The van der Waals surface area contributed by atoms with Gasteiger partial charge in [0, 0.05) is 34.7 Å². The van der Waals surface area contributed by atoms with Crippen LogP contribution < -0.4 is 4.74 Å². The maximum absolute atomic E-state index is 6.15. The highest BCUT2D eigenvalue weighted by molar-refractivity contribution is 9.08. The van der Waals surface area contributed by atoms with E-state index in [2.05, 4.69) is 20.9 Å². The van der Waals surface area contributed by atoms with E-state index < -0.39 is 0 Å². The molecule has 1 aromatic heterocycles. The van der Waals surface area contributed by atoms with Crippen LogP contribution in [0.1, 0.15) is 11.1 Å². The number of hydrogen-bond acceptors (Lipinski definition) is 2. The largest absolute Gasteiger partial charge is 0.491 e. The first-order valence-electron chi connectivity index (χ1n) is 5.76. The summed E-state index contributed by atoms with van der Waals surface area (Å²) < 4.78 is 5.77. The topological polar surface area (TPSA) is 22.1 Å². The van der Waals surface area contributed by atoms with Crippen molar-refractivity contribution in [3.05, 3.63) is 57.8 Å². The number of hydrogen-bond donors (Lipinski definition) is 0. The van der Waals surface area contributed by atoms with E-state index in [4.69, 9.17) is 27.9 Å². The van der Waals surface area contributed by atoms with E-state index in [0.29, 0.717) is 27.7 Å². The van der Waals surface area contributed by atoms with Crippen molar-refractivity contribution in [3.8, 4) is 5.75 Å². The van der Waals surface area contributed by atoms with Gasteiger partial charge in [0.1, 0.15) is 5.75 Å². The van der Waals surface area contributed by atoms with Gasteiger partial charge < -0.3 is 4.74 Å². The summed E-state index contributed by atoms with van der Waals surface area (Å²) in [5.74, 6) is 0.687. The summed E-state index contributed by atoms with van der Waals surface area (Å²) in [6.45, 7) is 0.549. The zero-order valence-corrected chi connectivity index (χ0v) is 13.2. The van der Waals surface area contributed by atoms with Crippen molar-refractivity contribution in [2.24, 2.45) is 0 Å². The van der Waals surface area contributed by atoms with E-state index in [1.54, 1.807) is 12.3 Å². The first-order chi connectivity index (χ1) is 9.20. The Kier molecular flexibility index (Phi) is 5.49. The van der Waals surface area contributed by atoms with Crippen LogP contribution in [0.5, 0.6) is 5.75 Å². The Labute approximate surface area is 130 Å². The molecule has 0 aliphatic rings. The van der Waals surface area contributed by atoms with Crippen molar-refractivity contribution >= 4 is 39.1 Å². The Balaban J connectivity index is 2.03. The molecule has 0 aliphatic heterocycles. The number of pyridine rings is 1. The SMILES string of the molecule is Clc1cc(Cl)c(OCCc2cccnc2)c(CBr)c1. The number of ether oxygens (including phenoxy) is 1. The van der Waals surface area contributed by atoms with Crippen LogP contribution in [0.25, 0.3) is 0 Å². The molecule has 0 unspecified atom stereocenters. The number of benzene rings is 1. The molecule has 2 rings (SSSR count). The van der Waals surface area contributed by atoms with Crippen molar-refractivity contribution < 1.29 is 4.74 Å². The molecular weight excluding hydrogens is 349 g/mol. The minimum Gasteiger partial charge on any atom is -0.491 e. The predicted molar refractivity (Wildman–Crippen MR) is 82.5 cm³/mol. The molecule has 0 saturated carbocycles. The molecule has 0 saturated heterocycles. The van der Waals surface area contributed by atoms with Crippen LogP contribution in [-0.4, -0.2) is 11.6 Å². The summed E-state index contributed by atoms with van der Waals surface area (Å²) in [6.07, 6.45) is 4.37. The Hall–Kier alpha value is -0.770. The van der Waals surface area contributed by atoms with E-state index >= 15 is 0 Å². The van der Waals surface area contributed by atoms with Gasteiger partial charge >= 0.3 is 0 Å². The molecule has 0 amide bonds. The molecule has 2 nitrogen and oxygen atoms in total. The summed E-state index contributed by atoms with van der Waals surface area (Å²) in [4.78, 5) is 4.07. The summed E-state index contributed by atoms with van der Waals surface area (Å²) >= 11 is 15.5. The van der Waals surface area contributed by atoms with Gasteiger partial charge in [0.2, 0.25) is 0 Å². The minimum atomic E-state index is 0.535. The lowest BCUT2D eigenvalue weighted by molar-refractivity contribution is 0.319. The average molecular weight is 361 g/mol. The third kappa shape index (κ3) is 4.10. The molecule has 1 aromatic carbocycles. The maximum atomic E-state index is 6.15. The second kappa shape index (κ2) is 7.13. The summed E-state index contributed by atoms with van der Waals surface area (Å²) in [5.41, 5.74) is 2.08. The number of nitrogens with zero attached hydrogens (tertiary/aromatic N) is 1. The molecular formula is C14H12BrCl2NO. The Morgan fingerprint density at radius 2 is 2.11 bits per heavy atom. The van der Waals surface area contributed by atoms with Crippen molar-refractivity contribution in [3.63, 3.8) is 0 Å². The first kappa shape index (κ1) is 14.6. The quantitative estimate of drug-likeness (QED) is 0.707. The Bertz CT molecular complexity index is 549. The van der Waals surface area contributed by atoms with E-state index in [9.17, 15) is 0 Å². The second-order valence-electron chi connectivity index (χ2n) is 3.97. The second-order valence-corrected chi connectivity index (χ2v) is 5.37. The fraction of sp³-hybridized carbons (Fsp3) is 0.214. The van der Waals surface area contributed by atoms with E-state index in [1.807, 2.05) is 24.4 Å². The van der Waals surface area contributed by atoms with Gasteiger partial charge in [-0.3, -0.25) is 4.98 Å². The third-order valence-electron chi connectivity index (χ3n) is 2.59. The van der Waals surface area contributed by atoms with Gasteiger partial charge in [-0.15, -0.1) is 0 Å². The molecule has 0 radical (unpaired) electrons. The van der Waals surface area contributed by atoms with Crippen molar-refractivity contribution in [1.29, 1.82) is 0 Å². The average Bonchev–Trinajstić information content (AvgIpc) is 2.42. The van der Waals surface area contributed by atoms with Crippen LogP contribution in [-0.2, 0) is 11.8 Å². The molecule has 0 spiro atoms. The molecule has 0 aliphatic carbocycles. The van der Waals surface area contributed by atoms with Crippen LogP contribution in [0.2, 0.25) is 10.0 Å². The smallest absolute Gasteiger partial charge is 0.142 e. The molecule has 1 heterocycles. The summed E-state index contributed by atoms with van der Waals surface area (Å²) in [6, 6.07) is 7.47. The number of alkyl halides is 1. The Morgan fingerprint density at radius 3 is 2.79 bits per heavy atom. The fourth-order valence-corrected chi connectivity index (χ4v) is 2.70. The van der Waals surface area contributed by atoms with Crippen molar-refractivity contribution in [2.45, 2.75) is 11.8 Å². The van der Waals surface area contributed by atoms with Crippen LogP contribution in [0.3, 0.4) is 0 Å². The molecule has 2 aromatic rings. The standard InChI is InChI=1S/C14H12BrCl2NO/c15-8-11-6-12(16)7-13(17)14(11)19-5-3-10-2-1-4-18-9-10/h1-2,4,6-7,9H,3,5,8H2. The van der Waals surface area contributed by atoms with E-state index in [0.717, 1.165) is 17.5 Å². The minimum absolute atomic E-state index is 0.535. The highest BCUT2D eigenvalue weighted by atomic mass is 79.9. The molecule has 19 heavy (non-hydrogen) atoms. The number of halogens is 3. The van der Waals surface area contributed by atoms with Gasteiger partial charge in [0.05, 0.1) is 11.6 Å². The van der Waals surface area contributed by atoms with Crippen LogP contribution >= 0.6 is 39.1 Å². The monoisotopic (exact) mass is 359 g/mol. The van der Waals surface area contributed by atoms with Gasteiger partial charge in [0.15, 0.2) is 0 Å². The number of rotatable bonds is 5. The highest BCUT2D eigenvalue weighted by Gasteiger charge is 2.10. The third-order valence-corrected chi connectivity index (χ3v) is 3.69. The molecule has 0 atom stereocenters. The van der Waals surface area contributed by atoms with Crippen LogP contribution in [0, 0.1) is 0 Å². The van der Waals surface area contributed by atoms with Gasteiger partial charge in [-0.25, -0.2) is 0 Å². The van der Waals surface area contributed by atoms with Crippen LogP contribution in [0.4, 0.5) is 0 Å². The highest BCUT2D eigenvalue weighted by Crippen LogP contribution is 2.33. The molecule has 0 N–H and O–H groups in total. The lowest BCUT2D eigenvalue weighted by Crippen LogP contribution is -2.03. The van der Waals surface area contributed by atoms with Crippen LogP contribution in [0.15, 0.2) is 36.7 Å². The molecule has 5 heteroatoms. The maximum Gasteiger partial charge on any atom is 0.142 e. The summed E-state index contributed by atoms with van der Waals surface area (Å²) in [5, 5.41) is 1.79. The summed E-state index contributed by atoms with van der Waals surface area (Å²) in [7, 11) is 0. The fourth-order valence-electron chi connectivity index (χ4n) is 1.69.